The highest BCUT2D eigenvalue weighted by Crippen LogP contribution is 2.30. The van der Waals surface area contributed by atoms with Crippen LogP contribution in [-0.2, 0) is 0 Å². The second kappa shape index (κ2) is 6.70. The fraction of sp³-hybridized carbons (Fsp3) is 0.200. The molecule has 106 valence electrons. The lowest BCUT2D eigenvalue weighted by Crippen LogP contribution is -2.09. The van der Waals surface area contributed by atoms with E-state index in [4.69, 9.17) is 0 Å². The van der Waals surface area contributed by atoms with E-state index in [2.05, 4.69) is 5.32 Å². The molecule has 2 aromatic rings. The Morgan fingerprint density at radius 2 is 1.55 bits per heavy atom. The summed E-state index contributed by atoms with van der Waals surface area (Å²) in [5.41, 5.74) is -1.29. The summed E-state index contributed by atoms with van der Waals surface area (Å²) in [5, 5.41) is 3.06. The maximum atomic E-state index is 12.1. The molecule has 1 nitrogen and oxygen atoms in total. The van der Waals surface area contributed by atoms with Crippen molar-refractivity contribution < 1.29 is 13.2 Å². The molecular weight excluding hydrogens is 283 g/mol. The van der Waals surface area contributed by atoms with Crippen LogP contribution < -0.4 is 5.32 Å². The first-order chi connectivity index (χ1) is 9.56. The molecule has 0 bridgehead atoms. The van der Waals surface area contributed by atoms with Crippen LogP contribution >= 0.6 is 11.8 Å². The number of para-hydroxylation sites is 1. The highest BCUT2D eigenvalue weighted by atomic mass is 32.2. The van der Waals surface area contributed by atoms with E-state index in [1.165, 1.54) is 0 Å². The van der Waals surface area contributed by atoms with E-state index in [0.717, 1.165) is 16.8 Å². The van der Waals surface area contributed by atoms with Gasteiger partial charge in [-0.05, 0) is 23.4 Å². The van der Waals surface area contributed by atoms with Gasteiger partial charge in [0.15, 0.2) is 0 Å². The van der Waals surface area contributed by atoms with Crippen molar-refractivity contribution in [1.82, 2.24) is 0 Å². The Hall–Kier alpha value is -1.62. The Morgan fingerprint density at radius 1 is 0.900 bits per heavy atom. The Balaban J connectivity index is 2.02. The van der Waals surface area contributed by atoms with E-state index in [-0.39, 0.29) is 24.1 Å². The molecule has 0 saturated carbocycles. The SMILES string of the molecule is FC(F)(F)SCCNc1ccccc1-c1ccccc1. The van der Waals surface area contributed by atoms with E-state index in [1.807, 2.05) is 54.6 Å². The third-order valence-corrected chi connectivity index (χ3v) is 3.43. The first-order valence-electron chi connectivity index (χ1n) is 6.15. The summed E-state index contributed by atoms with van der Waals surface area (Å²) >= 11 is -0.00801. The van der Waals surface area contributed by atoms with Crippen LogP contribution in [0.4, 0.5) is 18.9 Å². The van der Waals surface area contributed by atoms with Crippen molar-refractivity contribution in [2.24, 2.45) is 0 Å². The normalized spacial score (nSPS) is 11.3. The number of anilines is 1. The lowest BCUT2D eigenvalue weighted by molar-refractivity contribution is -0.0327. The third kappa shape index (κ3) is 4.49. The predicted molar refractivity (Wildman–Crippen MR) is 78.9 cm³/mol. The molecule has 0 atom stereocenters. The molecular formula is C15H14F3NS. The standard InChI is InChI=1S/C15H14F3NS/c16-15(17,18)20-11-10-19-14-9-5-4-8-13(14)12-6-2-1-3-7-12/h1-9,19H,10-11H2. The Labute approximate surface area is 120 Å². The molecule has 5 heteroatoms. The molecule has 0 spiro atoms. The molecule has 0 aliphatic heterocycles. The molecule has 0 fully saturated rings. The Bertz CT molecular complexity index is 540. The van der Waals surface area contributed by atoms with E-state index < -0.39 is 5.51 Å². The largest absolute Gasteiger partial charge is 0.441 e. The van der Waals surface area contributed by atoms with Crippen LogP contribution in [0.2, 0.25) is 0 Å². The molecule has 0 aliphatic rings. The maximum Gasteiger partial charge on any atom is 0.441 e. The Kier molecular flexibility index (Phi) is 4.95. The van der Waals surface area contributed by atoms with Gasteiger partial charge in [-0.25, -0.2) is 0 Å². The van der Waals surface area contributed by atoms with Crippen molar-refractivity contribution >= 4 is 17.4 Å². The van der Waals surface area contributed by atoms with Crippen molar-refractivity contribution in [2.45, 2.75) is 5.51 Å². The van der Waals surface area contributed by atoms with Crippen LogP contribution in [0.15, 0.2) is 54.6 Å². The summed E-state index contributed by atoms with van der Waals surface area (Å²) in [6.07, 6.45) is 0. The van der Waals surface area contributed by atoms with Gasteiger partial charge in [-0.15, -0.1) is 0 Å². The summed E-state index contributed by atoms with van der Waals surface area (Å²) < 4.78 is 36.2. The summed E-state index contributed by atoms with van der Waals surface area (Å²) in [6, 6.07) is 17.4. The summed E-state index contributed by atoms with van der Waals surface area (Å²) in [6.45, 7) is 0.272. The first-order valence-corrected chi connectivity index (χ1v) is 7.14. The van der Waals surface area contributed by atoms with Crippen LogP contribution in [-0.4, -0.2) is 17.8 Å². The van der Waals surface area contributed by atoms with Gasteiger partial charge in [0.1, 0.15) is 0 Å². The van der Waals surface area contributed by atoms with Crippen LogP contribution in [0.5, 0.6) is 0 Å². The minimum absolute atomic E-state index is 0.00732. The zero-order valence-electron chi connectivity index (χ0n) is 10.7. The minimum atomic E-state index is -4.17. The van der Waals surface area contributed by atoms with Gasteiger partial charge in [0.25, 0.3) is 0 Å². The topological polar surface area (TPSA) is 12.0 Å². The van der Waals surface area contributed by atoms with Gasteiger partial charge in [-0.1, -0.05) is 48.5 Å². The quantitative estimate of drug-likeness (QED) is 0.778. The number of hydrogen-bond acceptors (Lipinski definition) is 2. The van der Waals surface area contributed by atoms with Crippen molar-refractivity contribution in [1.29, 1.82) is 0 Å². The highest BCUT2D eigenvalue weighted by Gasteiger charge is 2.27. The molecule has 0 unspecified atom stereocenters. The molecule has 0 aromatic heterocycles. The molecule has 20 heavy (non-hydrogen) atoms. The van der Waals surface area contributed by atoms with Gasteiger partial charge in [0, 0.05) is 23.5 Å². The average Bonchev–Trinajstić information content (AvgIpc) is 2.44. The predicted octanol–water partition coefficient (Wildman–Crippen LogP) is 5.02. The number of thioether (sulfide) groups is 1. The van der Waals surface area contributed by atoms with Gasteiger partial charge in [0.2, 0.25) is 0 Å². The van der Waals surface area contributed by atoms with Gasteiger partial charge in [-0.2, -0.15) is 13.2 Å². The monoisotopic (exact) mass is 297 g/mol. The summed E-state index contributed by atoms with van der Waals surface area (Å²) in [4.78, 5) is 0. The fourth-order valence-electron chi connectivity index (χ4n) is 1.86. The van der Waals surface area contributed by atoms with Crippen molar-refractivity contribution in [2.75, 3.05) is 17.6 Å². The van der Waals surface area contributed by atoms with E-state index in [1.54, 1.807) is 0 Å². The summed E-state index contributed by atoms with van der Waals surface area (Å²) in [7, 11) is 0. The second-order valence-corrected chi connectivity index (χ2v) is 5.29. The fourth-order valence-corrected chi connectivity index (χ4v) is 2.29. The van der Waals surface area contributed by atoms with Gasteiger partial charge in [0.05, 0.1) is 0 Å². The molecule has 1 N–H and O–H groups in total. The van der Waals surface area contributed by atoms with E-state index >= 15 is 0 Å². The van der Waals surface area contributed by atoms with Crippen LogP contribution in [0.25, 0.3) is 11.1 Å². The number of rotatable bonds is 5. The number of alkyl halides is 3. The van der Waals surface area contributed by atoms with Crippen molar-refractivity contribution in [3.63, 3.8) is 0 Å². The highest BCUT2D eigenvalue weighted by molar-refractivity contribution is 8.00. The number of halogens is 3. The van der Waals surface area contributed by atoms with Gasteiger partial charge >= 0.3 is 5.51 Å². The molecule has 2 aromatic carbocycles. The smallest absolute Gasteiger partial charge is 0.384 e. The third-order valence-electron chi connectivity index (χ3n) is 2.70. The van der Waals surface area contributed by atoms with E-state index in [9.17, 15) is 13.2 Å². The van der Waals surface area contributed by atoms with Crippen LogP contribution in [0, 0.1) is 0 Å². The van der Waals surface area contributed by atoms with Crippen molar-refractivity contribution in [3.8, 4) is 11.1 Å². The zero-order valence-corrected chi connectivity index (χ0v) is 11.5. The molecule has 0 radical (unpaired) electrons. The number of benzene rings is 2. The van der Waals surface area contributed by atoms with Crippen molar-refractivity contribution in [3.05, 3.63) is 54.6 Å². The number of nitrogens with one attached hydrogen (secondary N) is 1. The molecule has 0 saturated heterocycles. The average molecular weight is 297 g/mol. The van der Waals surface area contributed by atoms with Crippen LogP contribution in [0.1, 0.15) is 0 Å². The van der Waals surface area contributed by atoms with E-state index in [0.29, 0.717) is 0 Å². The zero-order chi connectivity index (χ0) is 14.4. The lowest BCUT2D eigenvalue weighted by Gasteiger charge is -2.12. The lowest BCUT2D eigenvalue weighted by atomic mass is 10.0. The molecule has 0 heterocycles. The summed E-state index contributed by atoms with van der Waals surface area (Å²) in [5.74, 6) is -0.00732. The molecule has 0 amide bonds. The van der Waals surface area contributed by atoms with Gasteiger partial charge < -0.3 is 5.32 Å². The van der Waals surface area contributed by atoms with Gasteiger partial charge in [-0.3, -0.25) is 0 Å². The molecule has 0 aliphatic carbocycles. The van der Waals surface area contributed by atoms with Crippen LogP contribution in [0.3, 0.4) is 0 Å². The minimum Gasteiger partial charge on any atom is -0.384 e. The first kappa shape index (κ1) is 14.8. The number of hydrogen-bond donors (Lipinski definition) is 1. The Morgan fingerprint density at radius 3 is 2.25 bits per heavy atom. The second-order valence-electron chi connectivity index (χ2n) is 4.13. The maximum absolute atomic E-state index is 12.1. The molecule has 2 rings (SSSR count).